The van der Waals surface area contributed by atoms with Crippen LogP contribution in [0.25, 0.3) is 0 Å². The summed E-state index contributed by atoms with van der Waals surface area (Å²) in [6.45, 7) is 2.02. The number of nitrogens with zero attached hydrogens (tertiary/aromatic N) is 3. The zero-order chi connectivity index (χ0) is 15.9. The van der Waals surface area contributed by atoms with E-state index in [0.29, 0.717) is 25.3 Å². The van der Waals surface area contributed by atoms with Gasteiger partial charge in [-0.1, -0.05) is 12.1 Å². The number of carbonyl (C=O) groups is 2. The van der Waals surface area contributed by atoms with Crippen LogP contribution >= 0.6 is 11.3 Å². The number of carbonyl (C=O) groups excluding carboxylic acids is 2. The maximum absolute atomic E-state index is 12.5. The molecule has 2 fully saturated rings. The van der Waals surface area contributed by atoms with Crippen LogP contribution < -0.4 is 4.90 Å². The zero-order valence-electron chi connectivity index (χ0n) is 12.6. The quantitative estimate of drug-likeness (QED) is 0.851. The number of thiophene rings is 1. The van der Waals surface area contributed by atoms with Crippen LogP contribution in [0.15, 0.2) is 41.9 Å². The Morgan fingerprint density at radius 3 is 2.87 bits per heavy atom. The lowest BCUT2D eigenvalue weighted by Gasteiger charge is -2.23. The summed E-state index contributed by atoms with van der Waals surface area (Å²) in [6.07, 6.45) is 3.08. The summed E-state index contributed by atoms with van der Waals surface area (Å²) in [5.74, 6) is 0.896. The lowest BCUT2D eigenvalue weighted by molar-refractivity contribution is -0.117. The summed E-state index contributed by atoms with van der Waals surface area (Å²) in [5, 5.41) is 1.92. The molecule has 2 aliphatic rings. The molecule has 2 amide bonds. The molecule has 5 nitrogen and oxygen atoms in total. The second-order valence-electron chi connectivity index (χ2n) is 6.30. The highest BCUT2D eigenvalue weighted by Gasteiger charge is 2.49. The minimum atomic E-state index is -0.123. The number of anilines is 1. The van der Waals surface area contributed by atoms with Crippen molar-refractivity contribution in [3.63, 3.8) is 0 Å². The zero-order valence-corrected chi connectivity index (χ0v) is 13.5. The Labute approximate surface area is 138 Å². The predicted octanol–water partition coefficient (Wildman–Crippen LogP) is 2.41. The fourth-order valence-electron chi connectivity index (χ4n) is 3.56. The number of pyridine rings is 1. The first-order valence-corrected chi connectivity index (χ1v) is 8.59. The molecule has 2 saturated heterocycles. The van der Waals surface area contributed by atoms with Crippen molar-refractivity contribution in [1.29, 1.82) is 0 Å². The van der Waals surface area contributed by atoms with E-state index in [0.717, 1.165) is 17.8 Å². The fraction of sp³-hybridized carbons (Fsp3) is 0.353. The molecule has 1 atom stereocenters. The van der Waals surface area contributed by atoms with Crippen LogP contribution in [0.3, 0.4) is 0 Å². The highest BCUT2D eigenvalue weighted by Crippen LogP contribution is 2.41. The van der Waals surface area contributed by atoms with E-state index in [1.54, 1.807) is 11.1 Å². The molecule has 0 aromatic carbocycles. The summed E-state index contributed by atoms with van der Waals surface area (Å²) >= 11 is 1.47. The van der Waals surface area contributed by atoms with Crippen molar-refractivity contribution in [1.82, 2.24) is 9.88 Å². The Hall–Kier alpha value is -2.21. The SMILES string of the molecule is O=C(c1cccs1)N1CC[C@]2(CC(=O)N(c3ccccn3)C2)C1. The van der Waals surface area contributed by atoms with Crippen molar-refractivity contribution in [2.24, 2.45) is 5.41 Å². The molecule has 2 aromatic rings. The normalized spacial score (nSPS) is 23.9. The average Bonchev–Trinajstić information content (AvgIpc) is 3.29. The van der Waals surface area contributed by atoms with Gasteiger partial charge >= 0.3 is 0 Å². The van der Waals surface area contributed by atoms with E-state index in [-0.39, 0.29) is 17.2 Å². The van der Waals surface area contributed by atoms with Gasteiger partial charge in [0.2, 0.25) is 5.91 Å². The molecule has 4 heterocycles. The van der Waals surface area contributed by atoms with E-state index in [1.165, 1.54) is 11.3 Å². The molecule has 0 unspecified atom stereocenters. The number of amides is 2. The van der Waals surface area contributed by atoms with Crippen LogP contribution in [-0.4, -0.2) is 41.3 Å². The molecule has 0 saturated carbocycles. The van der Waals surface area contributed by atoms with Crippen molar-refractivity contribution < 1.29 is 9.59 Å². The van der Waals surface area contributed by atoms with Gasteiger partial charge < -0.3 is 4.90 Å². The summed E-state index contributed by atoms with van der Waals surface area (Å²) in [4.78, 5) is 33.6. The molecule has 4 rings (SSSR count). The van der Waals surface area contributed by atoms with Gasteiger partial charge in [-0.3, -0.25) is 14.5 Å². The van der Waals surface area contributed by atoms with Gasteiger partial charge in [0.05, 0.1) is 4.88 Å². The van der Waals surface area contributed by atoms with E-state index >= 15 is 0 Å². The smallest absolute Gasteiger partial charge is 0.263 e. The Kier molecular flexibility index (Phi) is 3.41. The third-order valence-electron chi connectivity index (χ3n) is 4.70. The van der Waals surface area contributed by atoms with Crippen molar-refractivity contribution in [2.75, 3.05) is 24.5 Å². The first-order valence-electron chi connectivity index (χ1n) is 7.71. The highest BCUT2D eigenvalue weighted by molar-refractivity contribution is 7.12. The van der Waals surface area contributed by atoms with Crippen molar-refractivity contribution in [3.8, 4) is 0 Å². The van der Waals surface area contributed by atoms with Crippen LogP contribution in [-0.2, 0) is 4.79 Å². The average molecular weight is 327 g/mol. The van der Waals surface area contributed by atoms with Crippen molar-refractivity contribution in [2.45, 2.75) is 12.8 Å². The predicted molar refractivity (Wildman–Crippen MR) is 88.5 cm³/mol. The molecule has 23 heavy (non-hydrogen) atoms. The van der Waals surface area contributed by atoms with Gasteiger partial charge in [0.15, 0.2) is 0 Å². The van der Waals surface area contributed by atoms with Gasteiger partial charge in [-0.15, -0.1) is 11.3 Å². The van der Waals surface area contributed by atoms with Crippen molar-refractivity contribution in [3.05, 3.63) is 46.8 Å². The standard InChI is InChI=1S/C17H17N3O2S/c21-15-10-17(12-20(15)14-5-1-2-7-18-14)6-8-19(11-17)16(22)13-4-3-9-23-13/h1-5,7,9H,6,8,10-12H2/t17-/m0/s1. The highest BCUT2D eigenvalue weighted by atomic mass is 32.1. The summed E-state index contributed by atoms with van der Waals surface area (Å²) < 4.78 is 0. The van der Waals surface area contributed by atoms with E-state index in [2.05, 4.69) is 4.98 Å². The number of rotatable bonds is 2. The molecule has 2 aliphatic heterocycles. The number of likely N-dealkylation sites (tertiary alicyclic amines) is 1. The lowest BCUT2D eigenvalue weighted by atomic mass is 9.86. The third-order valence-corrected chi connectivity index (χ3v) is 5.56. The largest absolute Gasteiger partial charge is 0.337 e. The maximum atomic E-state index is 12.5. The molecule has 1 spiro atoms. The number of hydrogen-bond donors (Lipinski definition) is 0. The van der Waals surface area contributed by atoms with Crippen LogP contribution in [0.1, 0.15) is 22.5 Å². The minimum absolute atomic E-state index is 0.0839. The monoisotopic (exact) mass is 327 g/mol. The first kappa shape index (κ1) is 14.4. The molecule has 6 heteroatoms. The van der Waals surface area contributed by atoms with E-state index in [1.807, 2.05) is 40.6 Å². The molecule has 0 radical (unpaired) electrons. The van der Waals surface area contributed by atoms with Gasteiger partial charge in [0, 0.05) is 37.7 Å². The molecule has 2 aromatic heterocycles. The maximum Gasteiger partial charge on any atom is 0.263 e. The molecule has 0 aliphatic carbocycles. The van der Waals surface area contributed by atoms with E-state index < -0.39 is 0 Å². The summed E-state index contributed by atoms with van der Waals surface area (Å²) in [5.41, 5.74) is -0.123. The van der Waals surface area contributed by atoms with Gasteiger partial charge in [0.1, 0.15) is 5.82 Å². The molecule has 0 bridgehead atoms. The Balaban J connectivity index is 1.51. The van der Waals surface area contributed by atoms with Crippen molar-refractivity contribution >= 4 is 29.0 Å². The Bertz CT molecular complexity index is 732. The third kappa shape index (κ3) is 2.53. The molecular weight excluding hydrogens is 310 g/mol. The molecule has 0 N–H and O–H groups in total. The van der Waals surface area contributed by atoms with Gasteiger partial charge in [-0.25, -0.2) is 4.98 Å². The van der Waals surface area contributed by atoms with Gasteiger partial charge in [0.25, 0.3) is 5.91 Å². The molecular formula is C17H17N3O2S. The van der Waals surface area contributed by atoms with Gasteiger partial charge in [-0.2, -0.15) is 0 Å². The minimum Gasteiger partial charge on any atom is -0.337 e. The van der Waals surface area contributed by atoms with Crippen LogP contribution in [0.5, 0.6) is 0 Å². The van der Waals surface area contributed by atoms with Crippen LogP contribution in [0.4, 0.5) is 5.82 Å². The summed E-state index contributed by atoms with van der Waals surface area (Å²) in [6, 6.07) is 9.35. The summed E-state index contributed by atoms with van der Waals surface area (Å²) in [7, 11) is 0. The van der Waals surface area contributed by atoms with E-state index in [4.69, 9.17) is 0 Å². The fourth-order valence-corrected chi connectivity index (χ4v) is 4.25. The van der Waals surface area contributed by atoms with Gasteiger partial charge in [-0.05, 0) is 30.0 Å². The van der Waals surface area contributed by atoms with E-state index in [9.17, 15) is 9.59 Å². The lowest BCUT2D eigenvalue weighted by Crippen LogP contribution is -2.34. The second kappa shape index (κ2) is 5.45. The van der Waals surface area contributed by atoms with Crippen LogP contribution in [0.2, 0.25) is 0 Å². The topological polar surface area (TPSA) is 53.5 Å². The Morgan fingerprint density at radius 2 is 2.13 bits per heavy atom. The number of hydrogen-bond acceptors (Lipinski definition) is 4. The Morgan fingerprint density at radius 1 is 1.22 bits per heavy atom. The number of aromatic nitrogens is 1. The first-order chi connectivity index (χ1) is 11.2. The molecule has 118 valence electrons. The van der Waals surface area contributed by atoms with Crippen LogP contribution in [0, 0.1) is 5.41 Å². The second-order valence-corrected chi connectivity index (χ2v) is 7.25.